The molecule has 1 N–H and O–H groups in total. The zero-order valence-corrected chi connectivity index (χ0v) is 11.5. The summed E-state index contributed by atoms with van der Waals surface area (Å²) < 4.78 is 6.72. The minimum atomic E-state index is 0.493. The lowest BCUT2D eigenvalue weighted by Gasteiger charge is -2.07. The van der Waals surface area contributed by atoms with E-state index in [1.165, 1.54) is 0 Å². The number of hydrogen-bond donors (Lipinski definition) is 1. The van der Waals surface area contributed by atoms with Gasteiger partial charge in [-0.1, -0.05) is 12.1 Å². The first kappa shape index (κ1) is 12.1. The van der Waals surface area contributed by atoms with Crippen molar-refractivity contribution >= 4 is 28.4 Å². The topological polar surface area (TPSA) is 47.0 Å². The molecule has 1 aromatic carbocycles. The van der Waals surface area contributed by atoms with Crippen molar-refractivity contribution in [2.75, 3.05) is 11.9 Å². The molecule has 0 aliphatic carbocycles. The first-order valence-electron chi connectivity index (χ1n) is 5.28. The summed E-state index contributed by atoms with van der Waals surface area (Å²) in [5.74, 6) is 2.00. The second kappa shape index (κ2) is 5.81. The normalized spacial score (nSPS) is 10.0. The number of anilines is 1. The fraction of sp³-hybridized carbons (Fsp3) is 0.167. The zero-order valence-electron chi connectivity index (χ0n) is 9.35. The molecule has 4 nitrogen and oxygen atoms in total. The minimum absolute atomic E-state index is 0.493. The van der Waals surface area contributed by atoms with E-state index in [0.717, 1.165) is 21.7 Å². The Hall–Kier alpha value is -1.37. The van der Waals surface area contributed by atoms with Crippen molar-refractivity contribution in [1.82, 2.24) is 9.97 Å². The molecule has 1 aromatic heterocycles. The predicted molar refractivity (Wildman–Crippen MR) is 75.4 cm³/mol. The number of para-hydroxylation sites is 1. The van der Waals surface area contributed by atoms with Crippen LogP contribution >= 0.6 is 22.6 Å². The molecule has 1 heterocycles. The SMILES string of the molecule is CCNc1cncc(Oc2ccccc2I)n1. The van der Waals surface area contributed by atoms with E-state index in [-0.39, 0.29) is 0 Å². The molecule has 5 heteroatoms. The van der Waals surface area contributed by atoms with E-state index in [1.54, 1.807) is 12.4 Å². The first-order valence-corrected chi connectivity index (χ1v) is 6.35. The van der Waals surface area contributed by atoms with Gasteiger partial charge in [0, 0.05) is 6.54 Å². The smallest absolute Gasteiger partial charge is 0.239 e. The van der Waals surface area contributed by atoms with Gasteiger partial charge in [-0.25, -0.2) is 0 Å². The molecular weight excluding hydrogens is 329 g/mol. The van der Waals surface area contributed by atoms with Crippen LogP contribution in [0.15, 0.2) is 36.7 Å². The Morgan fingerprint density at radius 3 is 2.88 bits per heavy atom. The molecule has 0 bridgehead atoms. The van der Waals surface area contributed by atoms with Gasteiger partial charge in [0.2, 0.25) is 5.88 Å². The molecule has 0 atom stereocenters. The quantitative estimate of drug-likeness (QED) is 0.867. The Kier molecular flexibility index (Phi) is 4.13. The van der Waals surface area contributed by atoms with Crippen molar-refractivity contribution in [1.29, 1.82) is 0 Å². The lowest BCUT2D eigenvalue weighted by atomic mass is 10.3. The summed E-state index contributed by atoms with van der Waals surface area (Å²) in [6.07, 6.45) is 3.27. The maximum atomic E-state index is 5.68. The summed E-state index contributed by atoms with van der Waals surface area (Å²) in [6, 6.07) is 7.79. The monoisotopic (exact) mass is 341 g/mol. The van der Waals surface area contributed by atoms with E-state index >= 15 is 0 Å². The van der Waals surface area contributed by atoms with E-state index in [9.17, 15) is 0 Å². The van der Waals surface area contributed by atoms with Crippen LogP contribution in [0.3, 0.4) is 0 Å². The standard InChI is InChI=1S/C12H12IN3O/c1-2-15-11-7-14-8-12(16-11)17-10-6-4-3-5-9(10)13/h3-8H,2H2,1H3,(H,15,16). The van der Waals surface area contributed by atoms with Gasteiger partial charge in [0.05, 0.1) is 16.0 Å². The van der Waals surface area contributed by atoms with Crippen LogP contribution < -0.4 is 10.1 Å². The van der Waals surface area contributed by atoms with Crippen LogP contribution in [0.1, 0.15) is 6.92 Å². The van der Waals surface area contributed by atoms with Crippen LogP contribution in [0.5, 0.6) is 11.6 Å². The molecule has 0 radical (unpaired) electrons. The van der Waals surface area contributed by atoms with Crippen LogP contribution in [-0.4, -0.2) is 16.5 Å². The van der Waals surface area contributed by atoms with Gasteiger partial charge in [-0.2, -0.15) is 4.98 Å². The molecule has 0 saturated heterocycles. The molecule has 0 fully saturated rings. The predicted octanol–water partition coefficient (Wildman–Crippen LogP) is 3.31. The van der Waals surface area contributed by atoms with E-state index in [1.807, 2.05) is 31.2 Å². The Morgan fingerprint density at radius 1 is 1.29 bits per heavy atom. The highest BCUT2D eigenvalue weighted by molar-refractivity contribution is 14.1. The molecule has 17 heavy (non-hydrogen) atoms. The summed E-state index contributed by atoms with van der Waals surface area (Å²) in [4.78, 5) is 8.38. The molecule has 2 rings (SSSR count). The first-order chi connectivity index (χ1) is 8.29. The average molecular weight is 341 g/mol. The Bertz CT molecular complexity index is 505. The highest BCUT2D eigenvalue weighted by Gasteiger charge is 2.03. The third-order valence-electron chi connectivity index (χ3n) is 2.02. The molecule has 0 amide bonds. The van der Waals surface area contributed by atoms with Gasteiger partial charge in [-0.3, -0.25) is 4.98 Å². The average Bonchev–Trinajstić information content (AvgIpc) is 2.33. The molecule has 0 spiro atoms. The van der Waals surface area contributed by atoms with E-state index in [4.69, 9.17) is 4.74 Å². The van der Waals surface area contributed by atoms with Crippen molar-refractivity contribution in [2.24, 2.45) is 0 Å². The van der Waals surface area contributed by atoms with Gasteiger partial charge in [0.25, 0.3) is 0 Å². The largest absolute Gasteiger partial charge is 0.436 e. The lowest BCUT2D eigenvalue weighted by molar-refractivity contribution is 0.458. The molecule has 0 aliphatic heterocycles. The van der Waals surface area contributed by atoms with Crippen LogP contribution in [0.2, 0.25) is 0 Å². The summed E-state index contributed by atoms with van der Waals surface area (Å²) >= 11 is 2.22. The summed E-state index contributed by atoms with van der Waals surface area (Å²) in [7, 11) is 0. The highest BCUT2D eigenvalue weighted by atomic mass is 127. The van der Waals surface area contributed by atoms with Crippen LogP contribution in [0, 0.1) is 3.57 Å². The number of halogens is 1. The fourth-order valence-electron chi connectivity index (χ4n) is 1.30. The fourth-order valence-corrected chi connectivity index (χ4v) is 1.80. The Morgan fingerprint density at radius 2 is 2.12 bits per heavy atom. The second-order valence-corrected chi connectivity index (χ2v) is 4.47. The Labute approximate surface area is 114 Å². The van der Waals surface area contributed by atoms with Crippen molar-refractivity contribution in [3.05, 3.63) is 40.2 Å². The zero-order chi connectivity index (χ0) is 12.1. The number of nitrogens with zero attached hydrogens (tertiary/aromatic N) is 2. The number of ether oxygens (including phenoxy) is 1. The van der Waals surface area contributed by atoms with Crippen LogP contribution in [-0.2, 0) is 0 Å². The third kappa shape index (κ3) is 3.29. The van der Waals surface area contributed by atoms with Crippen molar-refractivity contribution < 1.29 is 4.74 Å². The molecule has 2 aromatic rings. The third-order valence-corrected chi connectivity index (χ3v) is 2.91. The number of hydrogen-bond acceptors (Lipinski definition) is 4. The summed E-state index contributed by atoms with van der Waals surface area (Å²) in [5, 5.41) is 3.09. The van der Waals surface area contributed by atoms with Crippen molar-refractivity contribution in [2.45, 2.75) is 6.92 Å². The van der Waals surface area contributed by atoms with E-state index in [0.29, 0.717) is 5.88 Å². The van der Waals surface area contributed by atoms with Gasteiger partial charge in [-0.15, -0.1) is 0 Å². The Balaban J connectivity index is 2.18. The minimum Gasteiger partial charge on any atom is -0.436 e. The number of rotatable bonds is 4. The highest BCUT2D eigenvalue weighted by Crippen LogP contribution is 2.25. The van der Waals surface area contributed by atoms with E-state index < -0.39 is 0 Å². The van der Waals surface area contributed by atoms with Crippen molar-refractivity contribution in [3.63, 3.8) is 0 Å². The van der Waals surface area contributed by atoms with E-state index in [2.05, 4.69) is 37.9 Å². The number of aromatic nitrogens is 2. The second-order valence-electron chi connectivity index (χ2n) is 3.31. The summed E-state index contributed by atoms with van der Waals surface area (Å²) in [5.41, 5.74) is 0. The molecule has 0 aliphatic rings. The molecule has 88 valence electrons. The van der Waals surface area contributed by atoms with Gasteiger partial charge < -0.3 is 10.1 Å². The maximum Gasteiger partial charge on any atom is 0.239 e. The lowest BCUT2D eigenvalue weighted by Crippen LogP contribution is -2.01. The maximum absolute atomic E-state index is 5.68. The van der Waals surface area contributed by atoms with Gasteiger partial charge in [0.1, 0.15) is 11.6 Å². The van der Waals surface area contributed by atoms with Crippen LogP contribution in [0.4, 0.5) is 5.82 Å². The number of benzene rings is 1. The van der Waals surface area contributed by atoms with Crippen molar-refractivity contribution in [3.8, 4) is 11.6 Å². The van der Waals surface area contributed by atoms with Gasteiger partial charge >= 0.3 is 0 Å². The summed E-state index contributed by atoms with van der Waals surface area (Å²) in [6.45, 7) is 2.82. The molecule has 0 unspecified atom stereocenters. The number of nitrogens with one attached hydrogen (secondary N) is 1. The van der Waals surface area contributed by atoms with Crippen LogP contribution in [0.25, 0.3) is 0 Å². The molecular formula is C12H12IN3O. The van der Waals surface area contributed by atoms with Gasteiger partial charge in [-0.05, 0) is 41.6 Å². The van der Waals surface area contributed by atoms with Gasteiger partial charge in [0.15, 0.2) is 0 Å². The molecule has 0 saturated carbocycles.